The third kappa shape index (κ3) is 2.77. The second kappa shape index (κ2) is 6.32. The van der Waals surface area contributed by atoms with Crippen molar-refractivity contribution in [3.8, 4) is 11.1 Å². The number of rotatable bonds is 5. The molecule has 2 aromatic rings. The summed E-state index contributed by atoms with van der Waals surface area (Å²) in [4.78, 5) is 23.7. The third-order valence-electron chi connectivity index (χ3n) is 4.95. The molecule has 0 aromatic heterocycles. The van der Waals surface area contributed by atoms with Gasteiger partial charge in [0.15, 0.2) is 0 Å². The van der Waals surface area contributed by atoms with E-state index in [1.165, 1.54) is 11.1 Å². The number of hydrogen-bond acceptors (Lipinski definition) is 4. The van der Waals surface area contributed by atoms with E-state index in [9.17, 15) is 14.7 Å². The minimum absolute atomic E-state index is 0.0169. The van der Waals surface area contributed by atoms with Crippen LogP contribution in [-0.4, -0.2) is 51.3 Å². The monoisotopic (exact) mass is 399 g/mol. The van der Waals surface area contributed by atoms with E-state index < -0.39 is 25.9 Å². The number of fused-ring (bicyclic) bond motifs is 3. The van der Waals surface area contributed by atoms with Crippen molar-refractivity contribution in [2.45, 2.75) is 10.1 Å². The normalized spacial score (nSPS) is 17.8. The average Bonchev–Trinajstić information content (AvgIpc) is 2.90. The van der Waals surface area contributed by atoms with E-state index >= 15 is 0 Å². The number of carboxylic acids is 1. The van der Waals surface area contributed by atoms with Crippen LogP contribution in [0.2, 0.25) is 4.20 Å². The van der Waals surface area contributed by atoms with E-state index in [1.54, 1.807) is 0 Å². The van der Waals surface area contributed by atoms with E-state index in [0.29, 0.717) is 13.1 Å². The van der Waals surface area contributed by atoms with E-state index in [-0.39, 0.29) is 17.3 Å². The molecule has 2 N–H and O–H groups in total. The number of carbonyl (C=O) groups excluding carboxylic acids is 1. The molecular weight excluding hydrogens is 381 g/mol. The summed E-state index contributed by atoms with van der Waals surface area (Å²) in [6, 6.07) is 16.3. The van der Waals surface area contributed by atoms with Gasteiger partial charge in [0.05, 0.1) is 0 Å². The van der Waals surface area contributed by atoms with Gasteiger partial charge in [-0.2, -0.15) is 0 Å². The molecule has 25 heavy (non-hydrogen) atoms. The zero-order valence-electron chi connectivity index (χ0n) is 13.5. The maximum absolute atomic E-state index is 12.3. The molecule has 1 aliphatic heterocycles. The summed E-state index contributed by atoms with van der Waals surface area (Å²) in [7, 11) is 0. The zero-order chi connectivity index (χ0) is 17.4. The van der Waals surface area contributed by atoms with Gasteiger partial charge in [-0.05, 0) is 0 Å². The van der Waals surface area contributed by atoms with Crippen molar-refractivity contribution in [3.05, 3.63) is 59.7 Å². The molecule has 0 amide bonds. The van der Waals surface area contributed by atoms with Gasteiger partial charge in [0.2, 0.25) is 0 Å². The maximum atomic E-state index is 12.3. The van der Waals surface area contributed by atoms with E-state index in [1.807, 2.05) is 24.3 Å². The summed E-state index contributed by atoms with van der Waals surface area (Å²) >= 11 is -1.38. The van der Waals surface area contributed by atoms with Crippen LogP contribution in [0.1, 0.15) is 17.0 Å². The second-order valence-electron chi connectivity index (χ2n) is 6.44. The number of aliphatic carboxylic acids is 1. The Morgan fingerprint density at radius 2 is 1.64 bits per heavy atom. The molecule has 2 aliphatic rings. The second-order valence-corrected chi connectivity index (χ2v) is 9.83. The Balaban J connectivity index is 1.50. The molecular formula is C19H18AsNO4. The van der Waals surface area contributed by atoms with Gasteiger partial charge in [0.1, 0.15) is 0 Å². The summed E-state index contributed by atoms with van der Waals surface area (Å²) in [5.41, 5.74) is 4.69. The fourth-order valence-electron chi connectivity index (χ4n) is 3.50. The van der Waals surface area contributed by atoms with Gasteiger partial charge in [0.25, 0.3) is 0 Å². The van der Waals surface area contributed by atoms with Crippen LogP contribution < -0.4 is 5.32 Å². The molecule has 0 radical (unpaired) electrons. The topological polar surface area (TPSA) is 75.6 Å². The van der Waals surface area contributed by atoms with Crippen LogP contribution in [0.15, 0.2) is 48.5 Å². The van der Waals surface area contributed by atoms with Gasteiger partial charge in [-0.3, -0.25) is 0 Å². The molecule has 2 aromatic carbocycles. The Kier molecular flexibility index (Phi) is 4.14. The SMILES string of the molecule is O=C(OCC1c2ccccc2-c2ccccc21)[AsH]C1(C(=O)O)CNC1. The van der Waals surface area contributed by atoms with Crippen molar-refractivity contribution < 1.29 is 19.4 Å². The Labute approximate surface area is 152 Å². The van der Waals surface area contributed by atoms with Crippen molar-refractivity contribution in [3.63, 3.8) is 0 Å². The average molecular weight is 399 g/mol. The summed E-state index contributed by atoms with van der Waals surface area (Å²) in [5, 5.41) is 12.3. The summed E-state index contributed by atoms with van der Waals surface area (Å²) in [6.45, 7) is 0.999. The molecule has 0 bridgehead atoms. The van der Waals surface area contributed by atoms with E-state index in [0.717, 1.165) is 11.1 Å². The van der Waals surface area contributed by atoms with Crippen LogP contribution in [0.3, 0.4) is 0 Å². The van der Waals surface area contributed by atoms with Crippen LogP contribution in [0.25, 0.3) is 11.1 Å². The summed E-state index contributed by atoms with van der Waals surface area (Å²) < 4.78 is 4.33. The fourth-order valence-corrected chi connectivity index (χ4v) is 5.76. The van der Waals surface area contributed by atoms with Crippen LogP contribution in [0.5, 0.6) is 0 Å². The van der Waals surface area contributed by atoms with Gasteiger partial charge < -0.3 is 0 Å². The number of carbonyl (C=O) groups is 2. The number of hydrogen-bond donors (Lipinski definition) is 2. The first kappa shape index (κ1) is 16.4. The Bertz CT molecular complexity index is 801. The first-order valence-electron chi connectivity index (χ1n) is 8.18. The molecule has 1 atom stereocenters. The molecule has 0 saturated carbocycles. The predicted molar refractivity (Wildman–Crippen MR) is 95.4 cm³/mol. The molecule has 1 aliphatic carbocycles. The Hall–Kier alpha value is -2.10. The number of nitrogens with one attached hydrogen (secondary N) is 1. The van der Waals surface area contributed by atoms with Crippen molar-refractivity contribution >= 4 is 26.5 Å². The Morgan fingerprint density at radius 1 is 1.08 bits per heavy atom. The van der Waals surface area contributed by atoms with Crippen LogP contribution in [0.4, 0.5) is 4.79 Å². The Morgan fingerprint density at radius 3 is 2.12 bits per heavy atom. The molecule has 5 nitrogen and oxygen atoms in total. The van der Waals surface area contributed by atoms with Crippen LogP contribution >= 0.6 is 0 Å². The first-order valence-corrected chi connectivity index (χ1v) is 10.3. The van der Waals surface area contributed by atoms with E-state index in [4.69, 9.17) is 4.74 Å². The minimum atomic E-state index is -1.38. The molecule has 1 saturated heterocycles. The van der Waals surface area contributed by atoms with E-state index in [2.05, 4.69) is 29.6 Å². The zero-order valence-corrected chi connectivity index (χ0v) is 15.6. The third-order valence-corrected chi connectivity index (χ3v) is 7.87. The standard InChI is InChI=1S/C19H18AsNO4/c22-17(23)19(10-21-11-19)20-18(24)25-9-16-14-7-3-1-5-12(14)13-6-2-4-8-15(13)16/h1-8,16,20-21H,9-11H2,(H,22,23). The van der Waals surface area contributed by atoms with Crippen LogP contribution in [0, 0.1) is 0 Å². The summed E-state index contributed by atoms with van der Waals surface area (Å²) in [5.74, 6) is -0.872. The number of benzene rings is 2. The molecule has 6 heteroatoms. The molecule has 0 spiro atoms. The van der Waals surface area contributed by atoms with Gasteiger partial charge in [0, 0.05) is 0 Å². The molecule has 128 valence electrons. The number of carboxylic acid groups (broad SMARTS) is 1. The first-order chi connectivity index (χ1) is 12.1. The van der Waals surface area contributed by atoms with Crippen molar-refractivity contribution in [1.82, 2.24) is 5.32 Å². The fraction of sp³-hybridized carbons (Fsp3) is 0.263. The molecule has 1 unspecified atom stereocenters. The molecule has 1 fully saturated rings. The number of ether oxygens (including phenoxy) is 1. The quantitative estimate of drug-likeness (QED) is 0.755. The molecule has 1 heterocycles. The van der Waals surface area contributed by atoms with Crippen molar-refractivity contribution in [2.24, 2.45) is 0 Å². The van der Waals surface area contributed by atoms with Crippen molar-refractivity contribution in [2.75, 3.05) is 19.7 Å². The summed E-state index contributed by atoms with van der Waals surface area (Å²) in [6.07, 6.45) is 0. The van der Waals surface area contributed by atoms with Gasteiger partial charge in [-0.25, -0.2) is 0 Å². The van der Waals surface area contributed by atoms with Crippen LogP contribution in [-0.2, 0) is 9.53 Å². The van der Waals surface area contributed by atoms with Gasteiger partial charge >= 0.3 is 152 Å². The van der Waals surface area contributed by atoms with Gasteiger partial charge in [-0.1, -0.05) is 0 Å². The van der Waals surface area contributed by atoms with Crippen molar-refractivity contribution in [1.29, 1.82) is 0 Å². The van der Waals surface area contributed by atoms with Gasteiger partial charge in [-0.15, -0.1) is 0 Å². The predicted octanol–water partition coefficient (Wildman–Crippen LogP) is 2.22. The molecule has 4 rings (SSSR count).